The molecule has 2 heterocycles. The third-order valence-corrected chi connectivity index (χ3v) is 4.82. The smallest absolute Gasteiger partial charge is 0.146 e. The van der Waals surface area contributed by atoms with Crippen LogP contribution < -0.4 is 11.1 Å². The molecule has 0 amide bonds. The van der Waals surface area contributed by atoms with Crippen LogP contribution in [0, 0.1) is 11.8 Å². The van der Waals surface area contributed by atoms with E-state index in [9.17, 15) is 0 Å². The molecule has 5 unspecified atom stereocenters. The molecule has 4 N–H and O–H groups in total. The molecule has 2 aliphatic heterocycles. The summed E-state index contributed by atoms with van der Waals surface area (Å²) in [5.41, 5.74) is 6.42. The van der Waals surface area contributed by atoms with Gasteiger partial charge in [0.25, 0.3) is 0 Å². The fraction of sp³-hybridized carbons (Fsp3) is 1.00. The minimum absolute atomic E-state index is 0.488. The van der Waals surface area contributed by atoms with E-state index in [2.05, 4.69) is 17.3 Å². The molecule has 0 aromatic rings. The van der Waals surface area contributed by atoms with Gasteiger partial charge in [0.05, 0.1) is 6.04 Å². The summed E-state index contributed by atoms with van der Waals surface area (Å²) in [6.45, 7) is 1.25. The second kappa shape index (κ2) is 3.19. The first kappa shape index (κ1) is 9.13. The van der Waals surface area contributed by atoms with Crippen molar-refractivity contribution in [1.29, 1.82) is 0 Å². The summed E-state index contributed by atoms with van der Waals surface area (Å²) in [6.07, 6.45) is 6.21. The minimum Gasteiger partial charge on any atom is -0.328 e. The van der Waals surface area contributed by atoms with Crippen LogP contribution >= 0.6 is 0 Å². The highest BCUT2D eigenvalue weighted by atomic mass is 15.3. The molecule has 2 saturated heterocycles. The first-order valence-corrected chi connectivity index (χ1v) is 6.08. The molecule has 1 aliphatic carbocycles. The van der Waals surface area contributed by atoms with Crippen molar-refractivity contribution in [3.8, 4) is 0 Å². The van der Waals surface area contributed by atoms with Crippen LogP contribution in [0.4, 0.5) is 0 Å². The Labute approximate surface area is 86.0 Å². The zero-order valence-electron chi connectivity index (χ0n) is 9.02. The van der Waals surface area contributed by atoms with E-state index in [1.807, 2.05) is 0 Å². The molecular weight excluding hydrogens is 174 g/mol. The van der Waals surface area contributed by atoms with E-state index in [0.29, 0.717) is 12.2 Å². The van der Waals surface area contributed by atoms with Crippen molar-refractivity contribution in [3.63, 3.8) is 0 Å². The van der Waals surface area contributed by atoms with Gasteiger partial charge in [0.2, 0.25) is 0 Å². The Morgan fingerprint density at radius 2 is 2.07 bits per heavy atom. The second-order valence-corrected chi connectivity index (χ2v) is 5.45. The van der Waals surface area contributed by atoms with E-state index in [4.69, 9.17) is 5.73 Å². The number of nitrogens with zero attached hydrogens (tertiary/aromatic N) is 1. The van der Waals surface area contributed by atoms with Gasteiger partial charge in [-0.3, -0.25) is 4.90 Å². The van der Waals surface area contributed by atoms with Crippen LogP contribution in [-0.2, 0) is 0 Å². The summed E-state index contributed by atoms with van der Waals surface area (Å²) < 4.78 is 0. The SMILES string of the molecule is CN1CCC2C(N)C3CCCC3[NH2+]C21. The number of nitrogens with two attached hydrogens (primary N) is 2. The van der Waals surface area contributed by atoms with Gasteiger partial charge in [-0.2, -0.15) is 0 Å². The number of rotatable bonds is 0. The first-order valence-electron chi connectivity index (χ1n) is 6.08. The largest absolute Gasteiger partial charge is 0.328 e. The molecule has 0 aromatic heterocycles. The number of likely N-dealkylation sites (tertiary alicyclic amines) is 1. The molecule has 0 radical (unpaired) electrons. The average Bonchev–Trinajstić information content (AvgIpc) is 2.75. The molecule has 1 saturated carbocycles. The minimum atomic E-state index is 0.488. The van der Waals surface area contributed by atoms with Crippen LogP contribution in [0.25, 0.3) is 0 Å². The average molecular weight is 196 g/mol. The van der Waals surface area contributed by atoms with Gasteiger partial charge < -0.3 is 11.1 Å². The molecule has 0 spiro atoms. The quantitative estimate of drug-likeness (QED) is 0.540. The van der Waals surface area contributed by atoms with E-state index in [0.717, 1.165) is 17.9 Å². The van der Waals surface area contributed by atoms with Crippen molar-refractivity contribution in [2.45, 2.75) is 43.9 Å². The summed E-state index contributed by atoms with van der Waals surface area (Å²) in [6, 6.07) is 1.33. The van der Waals surface area contributed by atoms with Crippen LogP contribution in [-0.4, -0.2) is 36.7 Å². The second-order valence-electron chi connectivity index (χ2n) is 5.45. The van der Waals surface area contributed by atoms with Crippen molar-refractivity contribution >= 4 is 0 Å². The monoisotopic (exact) mass is 196 g/mol. The summed E-state index contributed by atoms with van der Waals surface area (Å²) in [5.74, 6) is 1.59. The van der Waals surface area contributed by atoms with Crippen molar-refractivity contribution in [1.82, 2.24) is 4.90 Å². The van der Waals surface area contributed by atoms with E-state index in [-0.39, 0.29) is 0 Å². The number of hydrogen-bond donors (Lipinski definition) is 2. The molecule has 5 atom stereocenters. The first-order chi connectivity index (χ1) is 6.77. The van der Waals surface area contributed by atoms with Crippen LogP contribution in [0.1, 0.15) is 25.7 Å². The van der Waals surface area contributed by atoms with Gasteiger partial charge in [-0.1, -0.05) is 0 Å². The highest BCUT2D eigenvalue weighted by Crippen LogP contribution is 2.36. The number of fused-ring (bicyclic) bond motifs is 2. The van der Waals surface area contributed by atoms with E-state index in [1.54, 1.807) is 0 Å². The van der Waals surface area contributed by atoms with E-state index >= 15 is 0 Å². The van der Waals surface area contributed by atoms with Gasteiger partial charge in [0, 0.05) is 24.4 Å². The van der Waals surface area contributed by atoms with Gasteiger partial charge in [-0.15, -0.1) is 0 Å². The highest BCUT2D eigenvalue weighted by Gasteiger charge is 2.51. The molecular formula is C11H22N3+. The number of hydrogen-bond acceptors (Lipinski definition) is 2. The Hall–Kier alpha value is -0.120. The maximum absolute atomic E-state index is 6.42. The summed E-state index contributed by atoms with van der Waals surface area (Å²) >= 11 is 0. The zero-order valence-corrected chi connectivity index (χ0v) is 9.02. The predicted molar refractivity (Wildman–Crippen MR) is 55.6 cm³/mol. The molecule has 14 heavy (non-hydrogen) atoms. The fourth-order valence-electron chi connectivity index (χ4n) is 4.01. The standard InChI is InChI=1S/C11H21N3/c1-14-6-5-8-10(12)7-3-2-4-9(7)13-11(8)14/h7-11,13H,2-6,12H2,1H3/p+1. The van der Waals surface area contributed by atoms with Crippen LogP contribution in [0.3, 0.4) is 0 Å². The Morgan fingerprint density at radius 3 is 2.93 bits per heavy atom. The molecule has 80 valence electrons. The predicted octanol–water partition coefficient (Wildman–Crippen LogP) is -0.663. The number of quaternary nitrogens is 1. The van der Waals surface area contributed by atoms with Crippen molar-refractivity contribution in [2.75, 3.05) is 13.6 Å². The lowest BCUT2D eigenvalue weighted by Gasteiger charge is -2.39. The molecule has 3 heteroatoms. The Balaban J connectivity index is 1.83. The maximum Gasteiger partial charge on any atom is 0.146 e. The summed E-state index contributed by atoms with van der Waals surface area (Å²) in [4.78, 5) is 2.50. The molecule has 3 nitrogen and oxygen atoms in total. The van der Waals surface area contributed by atoms with E-state index in [1.165, 1.54) is 32.2 Å². The lowest BCUT2D eigenvalue weighted by atomic mass is 9.80. The van der Waals surface area contributed by atoms with Crippen molar-refractivity contribution in [3.05, 3.63) is 0 Å². The Bertz CT molecular complexity index is 231. The van der Waals surface area contributed by atoms with Gasteiger partial charge in [0.15, 0.2) is 0 Å². The van der Waals surface area contributed by atoms with Crippen LogP contribution in [0.5, 0.6) is 0 Å². The van der Waals surface area contributed by atoms with Gasteiger partial charge >= 0.3 is 0 Å². The Morgan fingerprint density at radius 1 is 1.21 bits per heavy atom. The fourth-order valence-corrected chi connectivity index (χ4v) is 4.01. The van der Waals surface area contributed by atoms with E-state index < -0.39 is 0 Å². The molecule has 0 aromatic carbocycles. The lowest BCUT2D eigenvalue weighted by Crippen LogP contribution is -3.02. The van der Waals surface area contributed by atoms with Gasteiger partial charge in [-0.05, 0) is 32.7 Å². The Kier molecular flexibility index (Phi) is 2.08. The lowest BCUT2D eigenvalue weighted by molar-refractivity contribution is -0.755. The highest BCUT2D eigenvalue weighted by molar-refractivity contribution is 4.96. The third kappa shape index (κ3) is 1.16. The van der Waals surface area contributed by atoms with Gasteiger partial charge in [0.1, 0.15) is 6.17 Å². The van der Waals surface area contributed by atoms with Crippen LogP contribution in [0.15, 0.2) is 0 Å². The molecule has 3 rings (SSSR count). The number of piperidine rings is 1. The topological polar surface area (TPSA) is 45.9 Å². The molecule has 3 aliphatic rings. The summed E-state index contributed by atoms with van der Waals surface area (Å²) in [5, 5.41) is 2.62. The van der Waals surface area contributed by atoms with Crippen LogP contribution in [0.2, 0.25) is 0 Å². The molecule has 0 bridgehead atoms. The van der Waals surface area contributed by atoms with Crippen molar-refractivity contribution in [2.24, 2.45) is 17.6 Å². The summed E-state index contributed by atoms with van der Waals surface area (Å²) in [7, 11) is 2.25. The van der Waals surface area contributed by atoms with Gasteiger partial charge in [-0.25, -0.2) is 0 Å². The third-order valence-electron chi connectivity index (χ3n) is 4.82. The zero-order chi connectivity index (χ0) is 9.71. The molecule has 3 fully saturated rings. The normalized spacial score (nSPS) is 53.1. The van der Waals surface area contributed by atoms with Crippen molar-refractivity contribution < 1.29 is 5.32 Å². The maximum atomic E-state index is 6.42.